The average molecular weight is 127 g/mol. The Hall–Kier alpha value is -0.600. The van der Waals surface area contributed by atoms with Crippen molar-refractivity contribution >= 4 is 0 Å². The van der Waals surface area contributed by atoms with Crippen LogP contribution in [0, 0.1) is 6.42 Å². The smallest absolute Gasteiger partial charge is 0.0779 e. The Morgan fingerprint density at radius 3 is 1.56 bits per heavy atom. The molecule has 0 aromatic heterocycles. The van der Waals surface area contributed by atoms with Crippen molar-refractivity contribution in [1.82, 2.24) is 0 Å². The highest BCUT2D eigenvalue weighted by molar-refractivity contribution is 5.00. The van der Waals surface area contributed by atoms with Gasteiger partial charge in [-0.05, 0) is 0 Å². The van der Waals surface area contributed by atoms with Gasteiger partial charge in [-0.3, -0.25) is 0 Å². The van der Waals surface area contributed by atoms with Gasteiger partial charge in [-0.1, -0.05) is 12.2 Å². The van der Waals surface area contributed by atoms with E-state index >= 15 is 0 Å². The van der Waals surface area contributed by atoms with Gasteiger partial charge in [0, 0.05) is 6.42 Å². The molecule has 0 aliphatic carbocycles. The Kier molecular flexibility index (Phi) is 4.01. The largest absolute Gasteiger partial charge is 0.389 e. The van der Waals surface area contributed by atoms with Crippen LogP contribution in [-0.2, 0) is 0 Å². The molecule has 2 atom stereocenters. The first-order valence-corrected chi connectivity index (χ1v) is 2.67. The summed E-state index contributed by atoms with van der Waals surface area (Å²) >= 11 is 0. The fraction of sp³-hybridized carbons (Fsp3) is 0.286. The first kappa shape index (κ1) is 8.40. The van der Waals surface area contributed by atoms with Crippen LogP contribution < -0.4 is 0 Å². The number of aliphatic hydroxyl groups excluding tert-OH is 2. The maximum absolute atomic E-state index is 8.78. The van der Waals surface area contributed by atoms with Crippen LogP contribution in [0.4, 0.5) is 0 Å². The standard InChI is InChI=1S/C7H11O2/c1-3-6(8)5-7(9)4-2/h3-9H,1-2H2. The molecule has 2 nitrogen and oxygen atoms in total. The second kappa shape index (κ2) is 4.30. The highest BCUT2D eigenvalue weighted by Crippen LogP contribution is 1.96. The Labute approximate surface area is 55.1 Å². The monoisotopic (exact) mass is 127 g/mol. The van der Waals surface area contributed by atoms with Crippen LogP contribution in [0.5, 0.6) is 0 Å². The predicted molar refractivity (Wildman–Crippen MR) is 36.7 cm³/mol. The molecular weight excluding hydrogens is 116 g/mol. The average Bonchev–Trinajstić information content (AvgIpc) is 1.87. The zero-order valence-corrected chi connectivity index (χ0v) is 5.20. The van der Waals surface area contributed by atoms with E-state index in [2.05, 4.69) is 13.2 Å². The van der Waals surface area contributed by atoms with Crippen LogP contribution in [0.15, 0.2) is 25.3 Å². The molecule has 1 radical (unpaired) electrons. The van der Waals surface area contributed by atoms with Crippen LogP contribution in [0.3, 0.4) is 0 Å². The van der Waals surface area contributed by atoms with Crippen LogP contribution in [0.2, 0.25) is 0 Å². The minimum absolute atomic E-state index is 0.752. The molecule has 2 heteroatoms. The first-order valence-electron chi connectivity index (χ1n) is 2.67. The molecular formula is C7H11O2. The van der Waals surface area contributed by atoms with Crippen molar-refractivity contribution in [2.75, 3.05) is 0 Å². The molecule has 0 bridgehead atoms. The van der Waals surface area contributed by atoms with Gasteiger partial charge >= 0.3 is 0 Å². The van der Waals surface area contributed by atoms with E-state index in [1.165, 1.54) is 18.6 Å². The Bertz CT molecular complexity index is 87.1. The maximum atomic E-state index is 8.78. The second-order valence-electron chi connectivity index (χ2n) is 1.65. The summed E-state index contributed by atoms with van der Waals surface area (Å²) in [5.41, 5.74) is 0. The minimum Gasteiger partial charge on any atom is -0.389 e. The molecule has 2 N–H and O–H groups in total. The molecule has 2 unspecified atom stereocenters. The summed E-state index contributed by atoms with van der Waals surface area (Å²) in [7, 11) is 0. The van der Waals surface area contributed by atoms with Crippen molar-refractivity contribution < 1.29 is 10.2 Å². The van der Waals surface area contributed by atoms with Gasteiger partial charge in [0.15, 0.2) is 0 Å². The molecule has 0 fully saturated rings. The highest BCUT2D eigenvalue weighted by atomic mass is 16.3. The molecule has 51 valence electrons. The van der Waals surface area contributed by atoms with Gasteiger partial charge in [-0.2, -0.15) is 0 Å². The summed E-state index contributed by atoms with van der Waals surface area (Å²) in [6.45, 7) is 6.64. The minimum atomic E-state index is -0.752. The van der Waals surface area contributed by atoms with Crippen molar-refractivity contribution in [1.29, 1.82) is 0 Å². The van der Waals surface area contributed by atoms with E-state index < -0.39 is 12.2 Å². The van der Waals surface area contributed by atoms with Gasteiger partial charge in [-0.15, -0.1) is 13.2 Å². The van der Waals surface area contributed by atoms with E-state index in [1.54, 1.807) is 0 Å². The third kappa shape index (κ3) is 3.94. The summed E-state index contributed by atoms with van der Waals surface area (Å²) < 4.78 is 0. The zero-order chi connectivity index (χ0) is 7.28. The van der Waals surface area contributed by atoms with E-state index in [4.69, 9.17) is 10.2 Å². The molecule has 0 aliphatic heterocycles. The van der Waals surface area contributed by atoms with Crippen molar-refractivity contribution in [2.45, 2.75) is 12.2 Å². The highest BCUT2D eigenvalue weighted by Gasteiger charge is 2.03. The van der Waals surface area contributed by atoms with Gasteiger partial charge in [-0.25, -0.2) is 0 Å². The Balaban J connectivity index is 3.45. The van der Waals surface area contributed by atoms with Crippen molar-refractivity contribution in [3.05, 3.63) is 31.7 Å². The third-order valence-electron chi connectivity index (χ3n) is 0.877. The van der Waals surface area contributed by atoms with Gasteiger partial charge in [0.1, 0.15) is 0 Å². The van der Waals surface area contributed by atoms with Crippen LogP contribution >= 0.6 is 0 Å². The van der Waals surface area contributed by atoms with Crippen LogP contribution in [0.1, 0.15) is 0 Å². The third-order valence-corrected chi connectivity index (χ3v) is 0.877. The van der Waals surface area contributed by atoms with Crippen molar-refractivity contribution in [3.63, 3.8) is 0 Å². The molecule has 0 saturated carbocycles. The Morgan fingerprint density at radius 2 is 1.33 bits per heavy atom. The fourth-order valence-corrected chi connectivity index (χ4v) is 0.359. The fourth-order valence-electron chi connectivity index (χ4n) is 0.359. The topological polar surface area (TPSA) is 40.5 Å². The van der Waals surface area contributed by atoms with E-state index in [0.717, 1.165) is 0 Å². The van der Waals surface area contributed by atoms with Gasteiger partial charge < -0.3 is 10.2 Å². The van der Waals surface area contributed by atoms with Crippen LogP contribution in [-0.4, -0.2) is 22.4 Å². The molecule has 0 aromatic carbocycles. The van der Waals surface area contributed by atoms with E-state index in [1.807, 2.05) is 0 Å². The molecule has 0 saturated heterocycles. The lowest BCUT2D eigenvalue weighted by Gasteiger charge is -2.06. The zero-order valence-electron chi connectivity index (χ0n) is 5.20. The van der Waals surface area contributed by atoms with Crippen molar-refractivity contribution in [2.24, 2.45) is 0 Å². The summed E-state index contributed by atoms with van der Waals surface area (Å²) in [4.78, 5) is 0. The second-order valence-corrected chi connectivity index (χ2v) is 1.65. The molecule has 0 amide bonds. The van der Waals surface area contributed by atoms with Gasteiger partial charge in [0.25, 0.3) is 0 Å². The SMILES string of the molecule is C=CC(O)[CH]C(O)C=C. The predicted octanol–water partition coefficient (Wildman–Crippen LogP) is 0.284. The first-order chi connectivity index (χ1) is 4.20. The molecule has 0 spiro atoms. The van der Waals surface area contributed by atoms with E-state index in [9.17, 15) is 0 Å². The summed E-state index contributed by atoms with van der Waals surface area (Å²) in [5, 5.41) is 17.6. The van der Waals surface area contributed by atoms with Crippen molar-refractivity contribution in [3.8, 4) is 0 Å². The number of aliphatic hydroxyl groups is 2. The lowest BCUT2D eigenvalue weighted by molar-refractivity contribution is 0.189. The maximum Gasteiger partial charge on any atom is 0.0779 e. The summed E-state index contributed by atoms with van der Waals surface area (Å²) in [6, 6.07) is 0. The van der Waals surface area contributed by atoms with Gasteiger partial charge in [0.2, 0.25) is 0 Å². The number of hydrogen-bond acceptors (Lipinski definition) is 2. The molecule has 0 heterocycles. The molecule has 9 heavy (non-hydrogen) atoms. The normalized spacial score (nSPS) is 16.2. The summed E-state index contributed by atoms with van der Waals surface area (Å²) in [6.07, 6.45) is 2.47. The summed E-state index contributed by atoms with van der Waals surface area (Å²) in [5.74, 6) is 0. The van der Waals surface area contributed by atoms with Crippen LogP contribution in [0.25, 0.3) is 0 Å². The lowest BCUT2D eigenvalue weighted by atomic mass is 10.1. The van der Waals surface area contributed by atoms with E-state index in [-0.39, 0.29) is 0 Å². The Morgan fingerprint density at radius 1 is 1.00 bits per heavy atom. The number of rotatable bonds is 4. The molecule has 0 aromatic rings. The molecule has 0 aliphatic rings. The quantitative estimate of drug-likeness (QED) is 0.533. The van der Waals surface area contributed by atoms with E-state index in [0.29, 0.717) is 0 Å². The van der Waals surface area contributed by atoms with Gasteiger partial charge in [0.05, 0.1) is 12.2 Å². The number of hydrogen-bond donors (Lipinski definition) is 2. The lowest BCUT2D eigenvalue weighted by Crippen LogP contribution is -2.13. The molecule has 0 rings (SSSR count).